The topological polar surface area (TPSA) is 102 Å². The molecular formula is C29H27ClN2O5. The first-order valence-electron chi connectivity index (χ1n) is 12.1. The molecule has 0 spiro atoms. The average molecular weight is 519 g/mol. The van der Waals surface area contributed by atoms with Gasteiger partial charge in [0.1, 0.15) is 0 Å². The predicted molar refractivity (Wildman–Crippen MR) is 142 cm³/mol. The number of benzene rings is 3. The van der Waals surface area contributed by atoms with Crippen LogP contribution in [-0.4, -0.2) is 30.3 Å². The van der Waals surface area contributed by atoms with Crippen LogP contribution in [0, 0.1) is 0 Å². The van der Waals surface area contributed by atoms with Crippen molar-refractivity contribution in [3.05, 3.63) is 88.4 Å². The van der Waals surface area contributed by atoms with Gasteiger partial charge in [0, 0.05) is 28.3 Å². The third kappa shape index (κ3) is 5.42. The molecule has 1 saturated heterocycles. The molecule has 0 bridgehead atoms. The Morgan fingerprint density at radius 2 is 1.65 bits per heavy atom. The molecule has 2 N–H and O–H groups in total. The van der Waals surface area contributed by atoms with Crippen LogP contribution in [0.3, 0.4) is 0 Å². The molecule has 3 aromatic rings. The van der Waals surface area contributed by atoms with Crippen molar-refractivity contribution in [3.8, 4) is 11.1 Å². The van der Waals surface area contributed by atoms with E-state index >= 15 is 0 Å². The van der Waals surface area contributed by atoms with E-state index in [4.69, 9.17) is 16.3 Å². The largest absolute Gasteiger partial charge is 0.462 e. The van der Waals surface area contributed by atoms with Gasteiger partial charge in [-0.25, -0.2) is 4.79 Å². The monoisotopic (exact) mass is 518 g/mol. The minimum Gasteiger partial charge on any atom is -0.462 e. The summed E-state index contributed by atoms with van der Waals surface area (Å²) in [6.07, 6.45) is 1.31. The number of amides is 3. The summed E-state index contributed by atoms with van der Waals surface area (Å²) in [6.45, 7) is 3.96. The van der Waals surface area contributed by atoms with Crippen molar-refractivity contribution in [2.24, 2.45) is 0 Å². The van der Waals surface area contributed by atoms with Gasteiger partial charge in [-0.2, -0.15) is 0 Å². The number of rotatable bonds is 7. The van der Waals surface area contributed by atoms with Crippen molar-refractivity contribution in [1.82, 2.24) is 5.32 Å². The number of ether oxygens (including phenoxy) is 1. The Labute approximate surface area is 220 Å². The Hall–Kier alpha value is -3.97. The fraction of sp³-hybridized carbons (Fsp3) is 0.241. The maximum atomic E-state index is 13.0. The van der Waals surface area contributed by atoms with Crippen molar-refractivity contribution in [2.75, 3.05) is 11.9 Å². The summed E-state index contributed by atoms with van der Waals surface area (Å²) >= 11 is 6.41. The first kappa shape index (κ1) is 26.1. The first-order chi connectivity index (χ1) is 17.8. The van der Waals surface area contributed by atoms with E-state index in [0.717, 1.165) is 11.1 Å². The molecule has 0 saturated carbocycles. The minimum absolute atomic E-state index is 0.254. The number of hydrogen-bond acceptors (Lipinski definition) is 5. The second kappa shape index (κ2) is 11.0. The van der Waals surface area contributed by atoms with E-state index in [1.165, 1.54) is 0 Å². The highest BCUT2D eigenvalue weighted by molar-refractivity contribution is 6.33. The molecule has 8 heteroatoms. The van der Waals surface area contributed by atoms with Crippen molar-refractivity contribution in [3.63, 3.8) is 0 Å². The Bertz CT molecular complexity index is 1350. The molecule has 1 heterocycles. The molecule has 7 nitrogen and oxygen atoms in total. The van der Waals surface area contributed by atoms with Crippen LogP contribution >= 0.6 is 11.6 Å². The van der Waals surface area contributed by atoms with Crippen LogP contribution in [0.15, 0.2) is 66.7 Å². The molecule has 0 unspecified atom stereocenters. The standard InChI is InChI=1S/C29H27ClN2O5/c1-3-29(16-15-25(33)32-28(29)36)21-10-12-22(13-11-21)31-26(34)20-9-14-24(30)23(17-20)18-5-7-19(8-6-18)27(35)37-4-2/h5-14,17H,3-4,15-16H2,1-2H3,(H,31,34)(H,32,33,36)/t29-/m0/s1. The second-order valence-electron chi connectivity index (χ2n) is 8.84. The number of carbonyl (C=O) groups excluding carboxylic acids is 4. The number of esters is 1. The molecule has 0 radical (unpaired) electrons. The first-order valence-corrected chi connectivity index (χ1v) is 12.5. The lowest BCUT2D eigenvalue weighted by molar-refractivity contribution is -0.138. The lowest BCUT2D eigenvalue weighted by Crippen LogP contribution is -2.51. The van der Waals surface area contributed by atoms with Gasteiger partial charge >= 0.3 is 5.97 Å². The van der Waals surface area contributed by atoms with Gasteiger partial charge in [0.15, 0.2) is 0 Å². The Morgan fingerprint density at radius 1 is 0.973 bits per heavy atom. The lowest BCUT2D eigenvalue weighted by Gasteiger charge is -2.35. The minimum atomic E-state index is -0.760. The van der Waals surface area contributed by atoms with E-state index < -0.39 is 11.4 Å². The summed E-state index contributed by atoms with van der Waals surface area (Å²) in [6, 6.07) is 18.9. The summed E-state index contributed by atoms with van der Waals surface area (Å²) < 4.78 is 5.02. The molecule has 1 atom stereocenters. The van der Waals surface area contributed by atoms with Crippen LogP contribution in [0.4, 0.5) is 5.69 Å². The van der Waals surface area contributed by atoms with Gasteiger partial charge in [-0.15, -0.1) is 0 Å². The van der Waals surface area contributed by atoms with E-state index in [0.29, 0.717) is 53.3 Å². The molecule has 190 valence electrons. The third-order valence-corrected chi connectivity index (χ3v) is 7.03. The number of hydrogen-bond donors (Lipinski definition) is 2. The molecule has 3 amide bonds. The third-order valence-electron chi connectivity index (χ3n) is 6.70. The second-order valence-corrected chi connectivity index (χ2v) is 9.24. The molecule has 4 rings (SSSR count). The fourth-order valence-electron chi connectivity index (χ4n) is 4.53. The van der Waals surface area contributed by atoms with Crippen LogP contribution in [0.2, 0.25) is 5.02 Å². The zero-order valence-electron chi connectivity index (χ0n) is 20.6. The summed E-state index contributed by atoms with van der Waals surface area (Å²) in [5.74, 6) is -1.26. The van der Waals surface area contributed by atoms with E-state index in [2.05, 4.69) is 10.6 Å². The van der Waals surface area contributed by atoms with Gasteiger partial charge in [-0.05, 0) is 73.4 Å². The van der Waals surface area contributed by atoms with E-state index in [9.17, 15) is 19.2 Å². The van der Waals surface area contributed by atoms with Crippen molar-refractivity contribution in [2.45, 2.75) is 38.5 Å². The Morgan fingerprint density at radius 3 is 2.27 bits per heavy atom. The van der Waals surface area contributed by atoms with E-state index in [1.54, 1.807) is 61.5 Å². The quantitative estimate of drug-likeness (QED) is 0.317. The van der Waals surface area contributed by atoms with Gasteiger partial charge in [0.25, 0.3) is 5.91 Å². The van der Waals surface area contributed by atoms with Crippen molar-refractivity contribution >= 4 is 41.0 Å². The molecule has 37 heavy (non-hydrogen) atoms. The van der Waals surface area contributed by atoms with E-state index in [1.807, 2.05) is 19.1 Å². The number of halogens is 1. The van der Waals surface area contributed by atoms with Crippen LogP contribution < -0.4 is 10.6 Å². The Kier molecular flexibility index (Phi) is 7.74. The molecular weight excluding hydrogens is 492 g/mol. The van der Waals surface area contributed by atoms with Crippen LogP contribution in [0.25, 0.3) is 11.1 Å². The normalized spacial score (nSPS) is 17.2. The fourth-order valence-corrected chi connectivity index (χ4v) is 4.76. The van der Waals surface area contributed by atoms with Gasteiger partial charge < -0.3 is 10.1 Å². The smallest absolute Gasteiger partial charge is 0.338 e. The van der Waals surface area contributed by atoms with Gasteiger partial charge in [-0.3, -0.25) is 19.7 Å². The van der Waals surface area contributed by atoms with Gasteiger partial charge in [0.2, 0.25) is 11.8 Å². The SMILES string of the molecule is CCOC(=O)c1ccc(-c2cc(C(=O)Nc3ccc([C@]4(CC)CCC(=O)NC4=O)cc3)ccc2Cl)cc1. The molecule has 0 aromatic heterocycles. The summed E-state index contributed by atoms with van der Waals surface area (Å²) in [4.78, 5) is 49.2. The zero-order valence-corrected chi connectivity index (χ0v) is 21.4. The highest BCUT2D eigenvalue weighted by Gasteiger charge is 2.42. The molecule has 0 aliphatic carbocycles. The molecule has 1 fully saturated rings. The number of nitrogens with one attached hydrogen (secondary N) is 2. The van der Waals surface area contributed by atoms with Crippen molar-refractivity contribution < 1.29 is 23.9 Å². The summed E-state index contributed by atoms with van der Waals surface area (Å²) in [5.41, 5.74) is 2.87. The highest BCUT2D eigenvalue weighted by Crippen LogP contribution is 2.36. The predicted octanol–water partition coefficient (Wildman–Crippen LogP) is 5.52. The van der Waals surface area contributed by atoms with Gasteiger partial charge in [0.05, 0.1) is 17.6 Å². The molecule has 1 aliphatic rings. The van der Waals surface area contributed by atoms with Crippen LogP contribution in [-0.2, 0) is 19.7 Å². The average Bonchev–Trinajstić information content (AvgIpc) is 2.90. The lowest BCUT2D eigenvalue weighted by atomic mass is 9.72. The number of carbonyl (C=O) groups is 4. The number of imide groups is 1. The highest BCUT2D eigenvalue weighted by atomic mass is 35.5. The summed E-state index contributed by atoms with van der Waals surface area (Å²) in [7, 11) is 0. The van der Waals surface area contributed by atoms with Crippen LogP contribution in [0.5, 0.6) is 0 Å². The zero-order chi connectivity index (χ0) is 26.6. The molecule has 3 aromatic carbocycles. The van der Waals surface area contributed by atoms with Crippen molar-refractivity contribution in [1.29, 1.82) is 0 Å². The van der Waals surface area contributed by atoms with E-state index in [-0.39, 0.29) is 17.7 Å². The maximum Gasteiger partial charge on any atom is 0.338 e. The Balaban J connectivity index is 1.51. The van der Waals surface area contributed by atoms with Gasteiger partial charge in [-0.1, -0.05) is 42.8 Å². The number of anilines is 1. The van der Waals surface area contributed by atoms with Crippen LogP contribution in [0.1, 0.15) is 59.4 Å². The summed E-state index contributed by atoms with van der Waals surface area (Å²) in [5, 5.41) is 5.79. The number of piperidine rings is 1. The maximum absolute atomic E-state index is 13.0. The molecule has 1 aliphatic heterocycles.